The molecule has 9 nitrogen and oxygen atoms in total. The number of aliphatic hydroxyl groups excluding tert-OH is 2. The molecule has 0 bridgehead atoms. The Kier molecular flexibility index (Phi) is 7.12. The molecule has 0 heterocycles. The Morgan fingerprint density at radius 1 is 1.29 bits per heavy atom. The van der Waals surface area contributed by atoms with Crippen molar-refractivity contribution in [2.75, 3.05) is 6.61 Å². The number of hydrogen-bond donors (Lipinski definition) is 4. The van der Waals surface area contributed by atoms with Gasteiger partial charge >= 0.3 is 7.82 Å². The van der Waals surface area contributed by atoms with Crippen LogP contribution < -0.4 is 0 Å². The third kappa shape index (κ3) is 4.43. The molecule has 0 aromatic heterocycles. The first-order chi connectivity index (χ1) is 16.3. The van der Waals surface area contributed by atoms with E-state index in [1.54, 1.807) is 12.2 Å². The molecule has 4 rings (SSSR count). The summed E-state index contributed by atoms with van der Waals surface area (Å²) in [7, 11) is -4.89. The van der Waals surface area contributed by atoms with E-state index in [9.17, 15) is 34.2 Å². The minimum atomic E-state index is -4.89. The Morgan fingerprint density at radius 2 is 2.00 bits per heavy atom. The Morgan fingerprint density at radius 3 is 2.66 bits per heavy atom. The molecule has 0 aromatic rings. The predicted octanol–water partition coefficient (Wildman–Crippen LogP) is 2.82. The minimum absolute atomic E-state index is 0.0202. The van der Waals surface area contributed by atoms with Crippen LogP contribution >= 0.6 is 7.82 Å². The van der Waals surface area contributed by atoms with Gasteiger partial charge in [-0.2, -0.15) is 0 Å². The number of fused-ring (bicyclic) bond motifs is 5. The molecule has 4 N–H and O–H groups in total. The number of carbonyl (C=O) groups is 2. The maximum absolute atomic E-state index is 13.6. The van der Waals surface area contributed by atoms with Crippen molar-refractivity contribution >= 4 is 19.4 Å². The topological polar surface area (TPSA) is 151 Å². The smallest absolute Gasteiger partial charge is 0.393 e. The van der Waals surface area contributed by atoms with E-state index in [0.29, 0.717) is 25.7 Å². The molecule has 8 atom stereocenters. The van der Waals surface area contributed by atoms with Gasteiger partial charge in [0.05, 0.1) is 6.10 Å². The summed E-state index contributed by atoms with van der Waals surface area (Å²) in [5.74, 6) is -0.777. The molecule has 10 heteroatoms. The van der Waals surface area contributed by atoms with E-state index in [0.717, 1.165) is 12.0 Å². The van der Waals surface area contributed by atoms with Crippen molar-refractivity contribution in [3.8, 4) is 0 Å². The zero-order chi connectivity index (χ0) is 25.8. The molecule has 0 radical (unpaired) electrons. The van der Waals surface area contributed by atoms with Crippen LogP contribution in [0.1, 0.15) is 65.7 Å². The van der Waals surface area contributed by atoms with E-state index >= 15 is 0 Å². The van der Waals surface area contributed by atoms with Crippen LogP contribution in [0.2, 0.25) is 0 Å². The maximum atomic E-state index is 13.6. The van der Waals surface area contributed by atoms with Gasteiger partial charge in [-0.15, -0.1) is 0 Å². The Balaban J connectivity index is 1.71. The molecule has 0 aromatic carbocycles. The number of phosphoric acid groups is 1. The fourth-order valence-corrected chi connectivity index (χ4v) is 8.11. The average Bonchev–Trinajstić information content (AvgIpc) is 3.04. The standard InChI is InChI=1S/C25H37O9P/c1-4-5-21(29)34-25(20(28)14-33-35(30,31)32)11-9-18-17-7-6-15-12-16(26)8-10-23(15,2)22(17)19(27)13-24(18,25)3/h8,10,12,17-19,21-22,27,29H,4-7,9,11,13-14H2,1-3H3,(H2,30,31,32). The van der Waals surface area contributed by atoms with Crippen LogP contribution in [0.15, 0.2) is 23.8 Å². The van der Waals surface area contributed by atoms with Crippen LogP contribution in [-0.4, -0.2) is 56.2 Å². The van der Waals surface area contributed by atoms with Crippen molar-refractivity contribution in [3.63, 3.8) is 0 Å². The van der Waals surface area contributed by atoms with E-state index in [-0.39, 0.29) is 36.4 Å². The number of hydrogen-bond acceptors (Lipinski definition) is 7. The molecule has 0 aliphatic heterocycles. The summed E-state index contributed by atoms with van der Waals surface area (Å²) in [5, 5.41) is 22.2. The van der Waals surface area contributed by atoms with Crippen molar-refractivity contribution in [3.05, 3.63) is 23.8 Å². The van der Waals surface area contributed by atoms with E-state index in [1.807, 2.05) is 19.9 Å². The lowest BCUT2D eigenvalue weighted by atomic mass is 9.46. The Bertz CT molecular complexity index is 985. The number of ether oxygens (including phenoxy) is 1. The Labute approximate surface area is 205 Å². The molecule has 4 aliphatic carbocycles. The highest BCUT2D eigenvalue weighted by Crippen LogP contribution is 2.68. The quantitative estimate of drug-likeness (QED) is 0.284. The lowest BCUT2D eigenvalue weighted by molar-refractivity contribution is -0.241. The average molecular weight is 513 g/mol. The van der Waals surface area contributed by atoms with Gasteiger partial charge in [0.1, 0.15) is 12.2 Å². The molecule has 0 spiro atoms. The maximum Gasteiger partial charge on any atom is 0.470 e. The van der Waals surface area contributed by atoms with Crippen molar-refractivity contribution in [2.45, 2.75) is 83.7 Å². The van der Waals surface area contributed by atoms with Crippen LogP contribution in [0.3, 0.4) is 0 Å². The number of ketones is 2. The van der Waals surface area contributed by atoms with Crippen molar-refractivity contribution in [2.24, 2.45) is 28.6 Å². The normalized spacial score (nSPS) is 41.6. The number of phosphoric ester groups is 1. The molecule has 0 amide bonds. The summed E-state index contributed by atoms with van der Waals surface area (Å²) in [6, 6.07) is 0. The molecule has 3 fully saturated rings. The van der Waals surface area contributed by atoms with Gasteiger partial charge in [0, 0.05) is 16.7 Å². The zero-order valence-corrected chi connectivity index (χ0v) is 21.4. The number of carbonyl (C=O) groups excluding carboxylic acids is 2. The first-order valence-corrected chi connectivity index (χ1v) is 14.0. The number of Topliss-reactive ketones (excluding diaryl/α,β-unsaturated/α-hetero) is 1. The first-order valence-electron chi connectivity index (χ1n) is 12.5. The van der Waals surface area contributed by atoms with Crippen molar-refractivity contribution in [1.29, 1.82) is 0 Å². The van der Waals surface area contributed by atoms with E-state index < -0.39 is 49.0 Å². The third-order valence-corrected chi connectivity index (χ3v) is 9.77. The van der Waals surface area contributed by atoms with Gasteiger partial charge in [-0.3, -0.25) is 14.1 Å². The fourth-order valence-electron chi connectivity index (χ4n) is 7.83. The van der Waals surface area contributed by atoms with Gasteiger partial charge in [0.25, 0.3) is 0 Å². The Hall–Kier alpha value is -1.19. The van der Waals surface area contributed by atoms with Gasteiger partial charge < -0.3 is 24.7 Å². The zero-order valence-electron chi connectivity index (χ0n) is 20.6. The molecular weight excluding hydrogens is 475 g/mol. The second kappa shape index (κ2) is 9.28. The summed E-state index contributed by atoms with van der Waals surface area (Å²) in [6.07, 6.45) is 6.64. The second-order valence-electron chi connectivity index (χ2n) is 11.1. The molecule has 4 aliphatic rings. The van der Waals surface area contributed by atoms with Crippen LogP contribution in [0, 0.1) is 28.6 Å². The van der Waals surface area contributed by atoms with Gasteiger partial charge in [0.15, 0.2) is 17.9 Å². The minimum Gasteiger partial charge on any atom is -0.393 e. The monoisotopic (exact) mass is 512 g/mol. The molecule has 196 valence electrons. The lowest BCUT2D eigenvalue weighted by Gasteiger charge is -2.60. The molecule has 0 saturated heterocycles. The number of aliphatic hydroxyl groups is 2. The predicted molar refractivity (Wildman–Crippen MR) is 126 cm³/mol. The van der Waals surface area contributed by atoms with Gasteiger partial charge in [0.2, 0.25) is 0 Å². The van der Waals surface area contributed by atoms with E-state index in [1.165, 1.54) is 0 Å². The van der Waals surface area contributed by atoms with E-state index in [2.05, 4.69) is 11.4 Å². The van der Waals surface area contributed by atoms with Gasteiger partial charge in [-0.25, -0.2) is 4.57 Å². The molecule has 8 unspecified atom stereocenters. The van der Waals surface area contributed by atoms with Crippen LogP contribution in [0.5, 0.6) is 0 Å². The van der Waals surface area contributed by atoms with E-state index in [4.69, 9.17) is 4.74 Å². The highest BCUT2D eigenvalue weighted by atomic mass is 31.2. The van der Waals surface area contributed by atoms with Crippen molar-refractivity contribution < 1.29 is 43.4 Å². The van der Waals surface area contributed by atoms with Crippen LogP contribution in [0.25, 0.3) is 0 Å². The summed E-state index contributed by atoms with van der Waals surface area (Å²) in [6.45, 7) is 4.99. The summed E-state index contributed by atoms with van der Waals surface area (Å²) < 4.78 is 22.0. The highest BCUT2D eigenvalue weighted by Gasteiger charge is 2.69. The fraction of sp³-hybridized carbons (Fsp3) is 0.760. The molecular formula is C25H37O9P. The van der Waals surface area contributed by atoms with Crippen LogP contribution in [0.4, 0.5) is 0 Å². The largest absolute Gasteiger partial charge is 0.470 e. The second-order valence-corrected chi connectivity index (χ2v) is 12.4. The van der Waals surface area contributed by atoms with Crippen molar-refractivity contribution in [1.82, 2.24) is 0 Å². The summed E-state index contributed by atoms with van der Waals surface area (Å²) in [5.41, 5.74) is -1.84. The SMILES string of the molecule is CCCC(O)OC1(C(=O)COP(=O)(O)O)CCC2C3CCC4=CC(=O)C=CC4(C)C3C(O)CC21C. The molecule has 3 saturated carbocycles. The summed E-state index contributed by atoms with van der Waals surface area (Å²) in [4.78, 5) is 43.9. The number of allylic oxidation sites excluding steroid dienone is 4. The number of rotatable bonds is 8. The third-order valence-electron chi connectivity index (χ3n) is 9.30. The van der Waals surface area contributed by atoms with Crippen LogP contribution in [-0.2, 0) is 23.4 Å². The highest BCUT2D eigenvalue weighted by molar-refractivity contribution is 7.46. The van der Waals surface area contributed by atoms with Gasteiger partial charge in [-0.05, 0) is 62.5 Å². The summed E-state index contributed by atoms with van der Waals surface area (Å²) >= 11 is 0. The first kappa shape index (κ1) is 26.9. The lowest BCUT2D eigenvalue weighted by Crippen LogP contribution is -2.63. The van der Waals surface area contributed by atoms with Gasteiger partial charge in [-0.1, -0.05) is 38.8 Å². The molecule has 35 heavy (non-hydrogen) atoms.